The van der Waals surface area contributed by atoms with Crippen LogP contribution in [0.4, 0.5) is 0 Å². The lowest BCUT2D eigenvalue weighted by molar-refractivity contribution is -0.143. The first-order valence-corrected chi connectivity index (χ1v) is 9.18. The van der Waals surface area contributed by atoms with Crippen molar-refractivity contribution in [3.05, 3.63) is 40.8 Å². The van der Waals surface area contributed by atoms with Crippen LogP contribution in [0.2, 0.25) is 0 Å². The molecule has 0 unspecified atom stereocenters. The fraction of sp³-hybridized carbons (Fsp3) is 0.450. The number of nitrogens with zero attached hydrogens (tertiary/aromatic N) is 2. The quantitative estimate of drug-likeness (QED) is 0.811. The molecule has 1 atom stereocenters. The van der Waals surface area contributed by atoms with E-state index < -0.39 is 12.0 Å². The highest BCUT2D eigenvalue weighted by Crippen LogP contribution is 2.31. The number of methoxy groups -OCH3 is 1. The Bertz CT molecular complexity index is 856. The summed E-state index contributed by atoms with van der Waals surface area (Å²) < 4.78 is 16.3. The van der Waals surface area contributed by atoms with Gasteiger partial charge in [-0.3, -0.25) is 4.79 Å². The molecule has 8 heteroatoms. The predicted octanol–water partition coefficient (Wildman–Crippen LogP) is 2.96. The van der Waals surface area contributed by atoms with E-state index in [1.54, 1.807) is 18.2 Å². The van der Waals surface area contributed by atoms with Gasteiger partial charge in [-0.2, -0.15) is 0 Å². The van der Waals surface area contributed by atoms with Gasteiger partial charge in [0.15, 0.2) is 11.5 Å². The number of piperidine rings is 1. The van der Waals surface area contributed by atoms with E-state index in [0.717, 1.165) is 24.1 Å². The zero-order valence-electron chi connectivity index (χ0n) is 16.2. The second kappa shape index (κ2) is 8.33. The highest BCUT2D eigenvalue weighted by molar-refractivity contribution is 5.97. The lowest BCUT2D eigenvalue weighted by Crippen LogP contribution is -2.47. The summed E-state index contributed by atoms with van der Waals surface area (Å²) in [6.07, 6.45) is 2.07. The van der Waals surface area contributed by atoms with Crippen LogP contribution in [0.5, 0.6) is 11.5 Å². The van der Waals surface area contributed by atoms with Crippen LogP contribution >= 0.6 is 0 Å². The van der Waals surface area contributed by atoms with Crippen LogP contribution in [0.1, 0.15) is 46.6 Å². The molecule has 2 heterocycles. The number of carbonyl (C=O) groups excluding carboxylic acids is 1. The normalized spacial score (nSPS) is 16.7. The molecule has 1 fully saturated rings. The largest absolute Gasteiger partial charge is 0.493 e. The Labute approximate surface area is 163 Å². The van der Waals surface area contributed by atoms with Gasteiger partial charge in [0, 0.05) is 12.1 Å². The molecule has 1 saturated heterocycles. The molecule has 2 aromatic rings. The molecule has 0 bridgehead atoms. The van der Waals surface area contributed by atoms with Crippen LogP contribution in [0.15, 0.2) is 22.7 Å². The zero-order chi connectivity index (χ0) is 20.3. The summed E-state index contributed by atoms with van der Waals surface area (Å²) in [5.41, 5.74) is 1.99. The number of aryl methyl sites for hydroxylation is 2. The summed E-state index contributed by atoms with van der Waals surface area (Å²) in [5, 5.41) is 13.3. The van der Waals surface area contributed by atoms with Gasteiger partial charge in [0.05, 0.1) is 18.4 Å². The highest BCUT2D eigenvalue weighted by atomic mass is 16.5. The second-order valence-corrected chi connectivity index (χ2v) is 6.81. The molecule has 0 saturated carbocycles. The summed E-state index contributed by atoms with van der Waals surface area (Å²) in [6, 6.07) is 4.08. The van der Waals surface area contributed by atoms with E-state index in [2.05, 4.69) is 5.16 Å². The molecule has 0 radical (unpaired) electrons. The van der Waals surface area contributed by atoms with Crippen LogP contribution in [-0.4, -0.2) is 46.7 Å². The Morgan fingerprint density at radius 2 is 2.07 bits per heavy atom. The van der Waals surface area contributed by atoms with Crippen molar-refractivity contribution in [2.24, 2.45) is 0 Å². The van der Waals surface area contributed by atoms with E-state index >= 15 is 0 Å². The molecule has 0 aliphatic carbocycles. The number of carboxylic acids is 1. The smallest absolute Gasteiger partial charge is 0.326 e. The monoisotopic (exact) mass is 388 g/mol. The van der Waals surface area contributed by atoms with Crippen molar-refractivity contribution >= 4 is 11.9 Å². The van der Waals surface area contributed by atoms with Gasteiger partial charge in [-0.25, -0.2) is 4.79 Å². The van der Waals surface area contributed by atoms with Crippen LogP contribution in [-0.2, 0) is 11.4 Å². The SMILES string of the molecule is COc1cc(C(=O)N2CCCC[C@H]2C(=O)O)ccc1OCc1c(C)noc1C. The van der Waals surface area contributed by atoms with Gasteiger partial charge in [-0.1, -0.05) is 5.16 Å². The van der Waals surface area contributed by atoms with Crippen molar-refractivity contribution in [3.63, 3.8) is 0 Å². The van der Waals surface area contributed by atoms with Gasteiger partial charge in [-0.05, 0) is 51.3 Å². The molecule has 1 aliphatic rings. The molecule has 1 aliphatic heterocycles. The van der Waals surface area contributed by atoms with E-state index in [4.69, 9.17) is 14.0 Å². The molecule has 8 nitrogen and oxygen atoms in total. The maximum Gasteiger partial charge on any atom is 0.326 e. The number of aliphatic carboxylic acids is 1. The van der Waals surface area contributed by atoms with E-state index in [1.807, 2.05) is 13.8 Å². The molecular weight excluding hydrogens is 364 g/mol. The predicted molar refractivity (Wildman–Crippen MR) is 99.6 cm³/mol. The van der Waals surface area contributed by atoms with Crippen molar-refractivity contribution in [1.29, 1.82) is 0 Å². The average molecular weight is 388 g/mol. The van der Waals surface area contributed by atoms with Crippen molar-refractivity contribution in [3.8, 4) is 11.5 Å². The summed E-state index contributed by atoms with van der Waals surface area (Å²) in [4.78, 5) is 25.8. The Morgan fingerprint density at radius 3 is 2.71 bits per heavy atom. The Kier molecular flexibility index (Phi) is 5.87. The van der Waals surface area contributed by atoms with Gasteiger partial charge in [0.25, 0.3) is 5.91 Å². The highest BCUT2D eigenvalue weighted by Gasteiger charge is 2.32. The van der Waals surface area contributed by atoms with Crippen molar-refractivity contribution in [2.45, 2.75) is 45.8 Å². The number of carboxylic acid groups (broad SMARTS) is 1. The van der Waals surface area contributed by atoms with Gasteiger partial charge in [0.1, 0.15) is 18.4 Å². The van der Waals surface area contributed by atoms with Crippen LogP contribution in [0.25, 0.3) is 0 Å². The first-order valence-electron chi connectivity index (χ1n) is 9.18. The molecule has 28 heavy (non-hydrogen) atoms. The number of ether oxygens (including phenoxy) is 2. The topological polar surface area (TPSA) is 102 Å². The lowest BCUT2D eigenvalue weighted by Gasteiger charge is -2.33. The third kappa shape index (κ3) is 3.95. The maximum atomic E-state index is 12.9. The second-order valence-electron chi connectivity index (χ2n) is 6.81. The fourth-order valence-corrected chi connectivity index (χ4v) is 3.37. The van der Waals surface area contributed by atoms with Gasteiger partial charge < -0.3 is 24.0 Å². The van der Waals surface area contributed by atoms with E-state index in [-0.39, 0.29) is 12.5 Å². The number of benzene rings is 1. The number of aromatic nitrogens is 1. The summed E-state index contributed by atoms with van der Waals surface area (Å²) in [7, 11) is 1.49. The number of carbonyl (C=O) groups is 2. The molecular formula is C20H24N2O6. The molecule has 1 aromatic heterocycles. The first-order chi connectivity index (χ1) is 13.4. The van der Waals surface area contributed by atoms with E-state index in [9.17, 15) is 14.7 Å². The minimum Gasteiger partial charge on any atom is -0.493 e. The minimum atomic E-state index is -0.973. The zero-order valence-corrected chi connectivity index (χ0v) is 16.2. The van der Waals surface area contributed by atoms with E-state index in [1.165, 1.54) is 12.0 Å². The molecule has 1 N–H and O–H groups in total. The van der Waals surface area contributed by atoms with Crippen molar-refractivity contribution in [2.75, 3.05) is 13.7 Å². The standard InChI is InChI=1S/C20H24N2O6/c1-12-15(13(2)28-21-12)11-27-17-8-7-14(10-18(17)26-3)19(23)22-9-5-4-6-16(22)20(24)25/h7-8,10,16H,4-6,9,11H2,1-3H3,(H,24,25)/t16-/m0/s1. The Balaban J connectivity index is 1.78. The summed E-state index contributed by atoms with van der Waals surface area (Å²) >= 11 is 0. The molecule has 150 valence electrons. The van der Waals surface area contributed by atoms with Crippen LogP contribution in [0, 0.1) is 13.8 Å². The number of hydrogen-bond donors (Lipinski definition) is 1. The third-order valence-electron chi connectivity index (χ3n) is 5.01. The molecule has 1 aromatic carbocycles. The molecule has 0 spiro atoms. The van der Waals surface area contributed by atoms with Gasteiger partial charge in [-0.15, -0.1) is 0 Å². The van der Waals surface area contributed by atoms with Crippen molar-refractivity contribution in [1.82, 2.24) is 10.1 Å². The minimum absolute atomic E-state index is 0.262. The van der Waals surface area contributed by atoms with Crippen LogP contribution in [0.3, 0.4) is 0 Å². The summed E-state index contributed by atoms with van der Waals surface area (Å²) in [5.74, 6) is 0.282. The fourth-order valence-electron chi connectivity index (χ4n) is 3.37. The third-order valence-corrected chi connectivity index (χ3v) is 5.01. The average Bonchev–Trinajstić information content (AvgIpc) is 3.03. The van der Waals surface area contributed by atoms with E-state index in [0.29, 0.717) is 35.8 Å². The maximum absolute atomic E-state index is 12.9. The van der Waals surface area contributed by atoms with Gasteiger partial charge in [0.2, 0.25) is 0 Å². The number of hydrogen-bond acceptors (Lipinski definition) is 6. The Hall–Kier alpha value is -3.03. The Morgan fingerprint density at radius 1 is 1.29 bits per heavy atom. The number of rotatable bonds is 6. The lowest BCUT2D eigenvalue weighted by atomic mass is 10.0. The van der Waals surface area contributed by atoms with Gasteiger partial charge >= 0.3 is 5.97 Å². The number of amides is 1. The van der Waals surface area contributed by atoms with Crippen molar-refractivity contribution < 1.29 is 28.7 Å². The number of likely N-dealkylation sites (tertiary alicyclic amines) is 1. The molecule has 3 rings (SSSR count). The van der Waals surface area contributed by atoms with Crippen LogP contribution < -0.4 is 9.47 Å². The molecule has 1 amide bonds. The summed E-state index contributed by atoms with van der Waals surface area (Å²) in [6.45, 7) is 4.35. The first kappa shape index (κ1) is 19.7.